The van der Waals surface area contributed by atoms with Crippen molar-refractivity contribution in [3.8, 4) is 11.5 Å². The number of carbonyl (C=O) groups is 2. The number of hydrogen-bond donors (Lipinski definition) is 2. The van der Waals surface area contributed by atoms with E-state index in [-0.39, 0.29) is 0 Å². The second-order valence-corrected chi connectivity index (χ2v) is 6.60. The first-order chi connectivity index (χ1) is 13.5. The fourth-order valence-corrected chi connectivity index (χ4v) is 2.59. The first-order valence-corrected chi connectivity index (χ1v) is 9.07. The predicted molar refractivity (Wildman–Crippen MR) is 111 cm³/mol. The van der Waals surface area contributed by atoms with Crippen molar-refractivity contribution in [3.05, 3.63) is 84.4 Å². The third kappa shape index (κ3) is 4.98. The third-order valence-corrected chi connectivity index (χ3v) is 4.15. The van der Waals surface area contributed by atoms with Crippen molar-refractivity contribution in [2.75, 3.05) is 10.6 Å². The molecule has 28 heavy (non-hydrogen) atoms. The average molecular weight is 374 g/mol. The van der Waals surface area contributed by atoms with Gasteiger partial charge in [0.1, 0.15) is 5.75 Å². The number of carbonyl (C=O) groups excluding carboxylic acids is 2. The second-order valence-electron chi connectivity index (χ2n) is 6.60. The van der Waals surface area contributed by atoms with Crippen molar-refractivity contribution in [1.29, 1.82) is 0 Å². The Balaban J connectivity index is 1.66. The van der Waals surface area contributed by atoms with Crippen LogP contribution in [0.15, 0.2) is 78.9 Å². The number of hydrogen-bond acceptors (Lipinski definition) is 3. The van der Waals surface area contributed by atoms with E-state index < -0.39 is 11.8 Å². The van der Waals surface area contributed by atoms with Crippen molar-refractivity contribution in [2.45, 2.75) is 19.8 Å². The molecule has 0 spiro atoms. The number of benzene rings is 3. The molecule has 3 aromatic rings. The highest BCUT2D eigenvalue weighted by Gasteiger charge is 2.16. The number of para-hydroxylation sites is 3. The lowest BCUT2D eigenvalue weighted by Crippen LogP contribution is -2.29. The van der Waals surface area contributed by atoms with Gasteiger partial charge in [-0.3, -0.25) is 9.59 Å². The number of nitrogens with one attached hydrogen (secondary N) is 2. The summed E-state index contributed by atoms with van der Waals surface area (Å²) >= 11 is 0. The van der Waals surface area contributed by atoms with Crippen LogP contribution in [0.4, 0.5) is 11.4 Å². The Morgan fingerprint density at radius 1 is 0.750 bits per heavy atom. The molecule has 3 rings (SSSR count). The van der Waals surface area contributed by atoms with Crippen LogP contribution in [0.1, 0.15) is 25.3 Å². The molecule has 0 radical (unpaired) electrons. The number of amides is 2. The molecule has 0 saturated heterocycles. The van der Waals surface area contributed by atoms with Crippen LogP contribution in [-0.4, -0.2) is 11.8 Å². The molecule has 0 saturated carbocycles. The molecule has 0 aliphatic carbocycles. The molecule has 5 heteroatoms. The lowest BCUT2D eigenvalue weighted by atomic mass is 10.0. The van der Waals surface area contributed by atoms with E-state index in [0.717, 1.165) is 5.56 Å². The predicted octanol–water partition coefficient (Wildman–Crippen LogP) is 5.18. The van der Waals surface area contributed by atoms with Crippen molar-refractivity contribution in [3.63, 3.8) is 0 Å². The third-order valence-electron chi connectivity index (χ3n) is 4.15. The van der Waals surface area contributed by atoms with Crippen LogP contribution in [0.5, 0.6) is 11.5 Å². The lowest BCUT2D eigenvalue weighted by Gasteiger charge is -2.12. The van der Waals surface area contributed by atoms with Crippen molar-refractivity contribution >= 4 is 23.2 Å². The van der Waals surface area contributed by atoms with Gasteiger partial charge in [-0.25, -0.2) is 0 Å². The van der Waals surface area contributed by atoms with Crippen LogP contribution in [0.3, 0.4) is 0 Å². The van der Waals surface area contributed by atoms with Gasteiger partial charge in [0.05, 0.1) is 5.69 Å². The summed E-state index contributed by atoms with van der Waals surface area (Å²) in [6, 6.07) is 23.6. The summed E-state index contributed by atoms with van der Waals surface area (Å²) in [5.74, 6) is -0.0203. The molecule has 142 valence electrons. The monoisotopic (exact) mass is 374 g/mol. The molecule has 2 amide bonds. The maximum atomic E-state index is 12.3. The smallest absolute Gasteiger partial charge is 0.314 e. The number of anilines is 2. The molecule has 0 aliphatic rings. The van der Waals surface area contributed by atoms with Crippen molar-refractivity contribution < 1.29 is 14.3 Å². The first kappa shape index (κ1) is 19.2. The van der Waals surface area contributed by atoms with Gasteiger partial charge in [0, 0.05) is 5.69 Å². The molecule has 0 atom stereocenters. The maximum absolute atomic E-state index is 12.3. The summed E-state index contributed by atoms with van der Waals surface area (Å²) < 4.78 is 5.80. The summed E-state index contributed by atoms with van der Waals surface area (Å²) in [7, 11) is 0. The molecule has 0 aliphatic heterocycles. The Labute approximate surface area is 164 Å². The second kappa shape index (κ2) is 8.86. The lowest BCUT2D eigenvalue weighted by molar-refractivity contribution is -0.133. The van der Waals surface area contributed by atoms with E-state index in [9.17, 15) is 9.59 Å². The van der Waals surface area contributed by atoms with Crippen LogP contribution in [-0.2, 0) is 9.59 Å². The molecular weight excluding hydrogens is 352 g/mol. The van der Waals surface area contributed by atoms with Crippen LogP contribution in [0.2, 0.25) is 0 Å². The molecule has 0 fully saturated rings. The van der Waals surface area contributed by atoms with Crippen LogP contribution < -0.4 is 15.4 Å². The molecule has 0 unspecified atom stereocenters. The van der Waals surface area contributed by atoms with E-state index in [1.165, 1.54) is 0 Å². The minimum Gasteiger partial charge on any atom is -0.455 e. The largest absolute Gasteiger partial charge is 0.455 e. The normalized spacial score (nSPS) is 10.4. The quantitative estimate of drug-likeness (QED) is 0.605. The average Bonchev–Trinajstić information content (AvgIpc) is 2.70. The van der Waals surface area contributed by atoms with E-state index in [1.54, 1.807) is 36.4 Å². The zero-order valence-electron chi connectivity index (χ0n) is 15.8. The SMILES string of the molecule is CC(C)c1ccc(NC(=O)C(=O)Nc2ccccc2Oc2ccccc2)cc1. The van der Waals surface area contributed by atoms with E-state index >= 15 is 0 Å². The molecular formula is C23H22N2O3. The Hall–Kier alpha value is -3.60. The summed E-state index contributed by atoms with van der Waals surface area (Å²) in [6.45, 7) is 4.19. The fourth-order valence-electron chi connectivity index (χ4n) is 2.59. The first-order valence-electron chi connectivity index (χ1n) is 9.07. The molecule has 0 bridgehead atoms. The Bertz CT molecular complexity index is 951. The van der Waals surface area contributed by atoms with Gasteiger partial charge in [0.2, 0.25) is 0 Å². The molecule has 0 aromatic heterocycles. The zero-order chi connectivity index (χ0) is 19.9. The topological polar surface area (TPSA) is 67.4 Å². The number of rotatable bonds is 5. The summed E-state index contributed by atoms with van der Waals surface area (Å²) in [4.78, 5) is 24.6. The fraction of sp³-hybridized carbons (Fsp3) is 0.130. The molecule has 5 nitrogen and oxygen atoms in total. The highest BCUT2D eigenvalue weighted by molar-refractivity contribution is 6.43. The van der Waals surface area contributed by atoms with Gasteiger partial charge in [-0.15, -0.1) is 0 Å². The van der Waals surface area contributed by atoms with Crippen LogP contribution in [0, 0.1) is 0 Å². The highest BCUT2D eigenvalue weighted by Crippen LogP contribution is 2.29. The van der Waals surface area contributed by atoms with Crippen molar-refractivity contribution in [2.24, 2.45) is 0 Å². The van der Waals surface area contributed by atoms with Gasteiger partial charge >= 0.3 is 11.8 Å². The number of ether oxygens (including phenoxy) is 1. The van der Waals surface area contributed by atoms with Crippen LogP contribution in [0.25, 0.3) is 0 Å². The van der Waals surface area contributed by atoms with E-state index in [1.807, 2.05) is 42.5 Å². The Morgan fingerprint density at radius 3 is 2.04 bits per heavy atom. The minimum absolute atomic E-state index is 0.397. The Morgan fingerprint density at radius 2 is 1.36 bits per heavy atom. The van der Waals surface area contributed by atoms with Crippen LogP contribution >= 0.6 is 0 Å². The minimum atomic E-state index is -0.767. The standard InChI is InChI=1S/C23H22N2O3/c1-16(2)17-12-14-18(15-13-17)24-22(26)23(27)25-20-10-6-7-11-21(20)28-19-8-4-3-5-9-19/h3-16H,1-2H3,(H,24,26)(H,25,27). The van der Waals surface area contributed by atoms with Gasteiger partial charge in [-0.2, -0.15) is 0 Å². The van der Waals surface area contributed by atoms with Gasteiger partial charge in [0.15, 0.2) is 5.75 Å². The van der Waals surface area contributed by atoms with Gasteiger partial charge in [-0.1, -0.05) is 56.3 Å². The van der Waals surface area contributed by atoms with E-state index in [4.69, 9.17) is 4.74 Å². The zero-order valence-corrected chi connectivity index (χ0v) is 15.8. The molecule has 2 N–H and O–H groups in total. The van der Waals surface area contributed by atoms with Crippen molar-refractivity contribution in [1.82, 2.24) is 0 Å². The van der Waals surface area contributed by atoms with Gasteiger partial charge in [-0.05, 0) is 47.9 Å². The van der Waals surface area contributed by atoms with Gasteiger partial charge < -0.3 is 15.4 Å². The summed E-state index contributed by atoms with van der Waals surface area (Å²) in [5, 5.41) is 5.21. The van der Waals surface area contributed by atoms with E-state index in [0.29, 0.717) is 28.8 Å². The molecule has 3 aromatic carbocycles. The Kier molecular flexibility index (Phi) is 6.07. The van der Waals surface area contributed by atoms with E-state index in [2.05, 4.69) is 24.5 Å². The van der Waals surface area contributed by atoms with Gasteiger partial charge in [0.25, 0.3) is 0 Å². The maximum Gasteiger partial charge on any atom is 0.314 e. The molecule has 0 heterocycles. The highest BCUT2D eigenvalue weighted by atomic mass is 16.5. The summed E-state index contributed by atoms with van der Waals surface area (Å²) in [6.07, 6.45) is 0. The summed E-state index contributed by atoms with van der Waals surface area (Å²) in [5.41, 5.74) is 2.15.